The molecule has 1 aromatic rings. The fourth-order valence-corrected chi connectivity index (χ4v) is 2.70. The topological polar surface area (TPSA) is 96.9 Å². The van der Waals surface area contributed by atoms with E-state index in [1.54, 1.807) is 0 Å². The molecule has 72 valence electrons. The van der Waals surface area contributed by atoms with E-state index in [1.165, 1.54) is 6.20 Å². The van der Waals surface area contributed by atoms with Crippen molar-refractivity contribution in [1.82, 2.24) is 4.98 Å². The Kier molecular flexibility index (Phi) is 2.67. The van der Waals surface area contributed by atoms with Crippen LogP contribution in [0.2, 0.25) is 0 Å². The van der Waals surface area contributed by atoms with Crippen LogP contribution < -0.4 is 5.73 Å². The number of nitrogen functional groups attached to an aromatic ring is 1. The van der Waals surface area contributed by atoms with Crippen molar-refractivity contribution in [3.05, 3.63) is 16.1 Å². The maximum absolute atomic E-state index is 10.9. The van der Waals surface area contributed by atoms with Gasteiger partial charge in [0.15, 0.2) is 9.84 Å². The van der Waals surface area contributed by atoms with E-state index in [0.29, 0.717) is 9.88 Å². The van der Waals surface area contributed by atoms with Gasteiger partial charge in [0.2, 0.25) is 0 Å². The molecule has 1 aromatic heterocycles. The van der Waals surface area contributed by atoms with Gasteiger partial charge < -0.3 is 5.73 Å². The minimum absolute atomic E-state index is 0.0859. The summed E-state index contributed by atoms with van der Waals surface area (Å²) < 4.78 is 21.7. The Labute approximate surface area is 80.0 Å². The summed E-state index contributed by atoms with van der Waals surface area (Å²) >= 11 is 1.13. The Balaban J connectivity index is 2.87. The summed E-state index contributed by atoms with van der Waals surface area (Å²) in [6.45, 7) is 0. The van der Waals surface area contributed by atoms with Crippen molar-refractivity contribution in [3.8, 4) is 0 Å². The lowest BCUT2D eigenvalue weighted by atomic mass is 10.5. The molecular formula is C6H9N3O2S2. The van der Waals surface area contributed by atoms with Crippen LogP contribution in [0, 0.1) is 5.41 Å². The molecule has 0 unspecified atom stereocenters. The van der Waals surface area contributed by atoms with E-state index in [0.717, 1.165) is 17.6 Å². The van der Waals surface area contributed by atoms with Crippen LogP contribution in [-0.4, -0.2) is 25.5 Å². The molecule has 0 aliphatic heterocycles. The van der Waals surface area contributed by atoms with Crippen molar-refractivity contribution in [1.29, 1.82) is 5.41 Å². The third-order valence-corrected chi connectivity index (χ3v) is 3.22. The predicted molar refractivity (Wildman–Crippen MR) is 51.7 cm³/mol. The molecule has 1 heterocycles. The molecule has 7 heteroatoms. The zero-order chi connectivity index (χ0) is 10.1. The summed E-state index contributed by atoms with van der Waals surface area (Å²) in [7, 11) is -3.05. The number of hydrogen-bond acceptors (Lipinski definition) is 5. The fraction of sp³-hybridized carbons (Fsp3) is 0.333. The quantitative estimate of drug-likeness (QED) is 0.551. The van der Waals surface area contributed by atoms with Crippen molar-refractivity contribution >= 4 is 27.0 Å². The van der Waals surface area contributed by atoms with Crippen LogP contribution in [0.1, 0.15) is 9.88 Å². The van der Waals surface area contributed by atoms with Crippen molar-refractivity contribution in [2.45, 2.75) is 5.75 Å². The first kappa shape index (κ1) is 10.1. The lowest BCUT2D eigenvalue weighted by molar-refractivity contribution is 0.601. The first-order chi connectivity index (χ1) is 5.88. The standard InChI is InChI=1S/C6H9N3O2S2/c1-13(10,11)3-5-9-2-4(12-5)6(7)8/h2H,3H2,1H3,(H3,7,8). The number of sulfone groups is 1. The minimum atomic E-state index is -3.05. The highest BCUT2D eigenvalue weighted by Crippen LogP contribution is 2.14. The number of rotatable bonds is 3. The van der Waals surface area contributed by atoms with Crippen LogP contribution >= 0.6 is 11.3 Å². The minimum Gasteiger partial charge on any atom is -0.383 e. The van der Waals surface area contributed by atoms with Crippen LogP contribution in [0.4, 0.5) is 0 Å². The zero-order valence-electron chi connectivity index (χ0n) is 6.94. The molecule has 0 amide bonds. The molecule has 0 atom stereocenters. The highest BCUT2D eigenvalue weighted by Gasteiger charge is 2.09. The molecule has 0 aliphatic carbocycles. The molecule has 0 saturated carbocycles. The lowest BCUT2D eigenvalue weighted by Gasteiger charge is -1.91. The van der Waals surface area contributed by atoms with Gasteiger partial charge in [0.1, 0.15) is 16.6 Å². The number of nitrogens with zero attached hydrogens (tertiary/aromatic N) is 1. The van der Waals surface area contributed by atoms with E-state index < -0.39 is 9.84 Å². The zero-order valence-corrected chi connectivity index (χ0v) is 8.58. The molecular weight excluding hydrogens is 210 g/mol. The highest BCUT2D eigenvalue weighted by molar-refractivity contribution is 7.90. The molecule has 5 nitrogen and oxygen atoms in total. The van der Waals surface area contributed by atoms with Crippen LogP contribution in [-0.2, 0) is 15.6 Å². The van der Waals surface area contributed by atoms with Crippen LogP contribution in [0.25, 0.3) is 0 Å². The molecule has 0 spiro atoms. The van der Waals surface area contributed by atoms with Gasteiger partial charge in [-0.05, 0) is 0 Å². The number of amidine groups is 1. The van der Waals surface area contributed by atoms with E-state index in [2.05, 4.69) is 4.98 Å². The van der Waals surface area contributed by atoms with Crippen molar-refractivity contribution in [2.24, 2.45) is 5.73 Å². The smallest absolute Gasteiger partial charge is 0.153 e. The lowest BCUT2D eigenvalue weighted by Crippen LogP contribution is -2.08. The molecule has 0 saturated heterocycles. The van der Waals surface area contributed by atoms with Gasteiger partial charge in [-0.25, -0.2) is 13.4 Å². The Hall–Kier alpha value is -0.950. The van der Waals surface area contributed by atoms with Gasteiger partial charge in [-0.3, -0.25) is 5.41 Å². The molecule has 13 heavy (non-hydrogen) atoms. The highest BCUT2D eigenvalue weighted by atomic mass is 32.2. The summed E-state index contributed by atoms with van der Waals surface area (Å²) in [6, 6.07) is 0. The molecule has 0 fully saturated rings. The van der Waals surface area contributed by atoms with Crippen molar-refractivity contribution in [2.75, 3.05) is 6.26 Å². The SMILES string of the molecule is CS(=O)(=O)Cc1ncc(C(=N)N)s1. The van der Waals surface area contributed by atoms with Gasteiger partial charge in [-0.1, -0.05) is 0 Å². The Bertz CT molecular complexity index is 421. The second kappa shape index (κ2) is 3.43. The molecule has 0 bridgehead atoms. The number of hydrogen-bond donors (Lipinski definition) is 2. The maximum Gasteiger partial charge on any atom is 0.153 e. The third-order valence-electron chi connectivity index (χ3n) is 1.20. The largest absolute Gasteiger partial charge is 0.383 e. The number of nitrogens with two attached hydrogens (primary N) is 1. The Morgan fingerprint density at radius 1 is 1.77 bits per heavy atom. The number of nitrogens with one attached hydrogen (secondary N) is 1. The van der Waals surface area contributed by atoms with Crippen LogP contribution in [0.15, 0.2) is 6.20 Å². The first-order valence-electron chi connectivity index (χ1n) is 3.35. The summed E-state index contributed by atoms with van der Waals surface area (Å²) in [4.78, 5) is 4.34. The predicted octanol–water partition coefficient (Wildman–Crippen LogP) is -0.0282. The van der Waals surface area contributed by atoms with E-state index in [-0.39, 0.29) is 11.6 Å². The average Bonchev–Trinajstić information content (AvgIpc) is 2.31. The summed E-state index contributed by atoms with van der Waals surface area (Å²) in [5, 5.41) is 7.54. The van der Waals surface area contributed by atoms with Gasteiger partial charge in [0.05, 0.1) is 4.88 Å². The van der Waals surface area contributed by atoms with Crippen LogP contribution in [0.3, 0.4) is 0 Å². The van der Waals surface area contributed by atoms with Gasteiger partial charge in [-0.2, -0.15) is 0 Å². The normalized spacial score (nSPS) is 11.5. The monoisotopic (exact) mass is 219 g/mol. The maximum atomic E-state index is 10.9. The number of thiazole rings is 1. The van der Waals surface area contributed by atoms with Crippen molar-refractivity contribution < 1.29 is 8.42 Å². The molecule has 3 N–H and O–H groups in total. The van der Waals surface area contributed by atoms with E-state index in [4.69, 9.17) is 11.1 Å². The summed E-state index contributed by atoms with van der Waals surface area (Å²) in [5.41, 5.74) is 5.20. The third kappa shape index (κ3) is 3.11. The van der Waals surface area contributed by atoms with Crippen molar-refractivity contribution in [3.63, 3.8) is 0 Å². The van der Waals surface area contributed by atoms with E-state index in [1.807, 2.05) is 0 Å². The Morgan fingerprint density at radius 3 is 2.77 bits per heavy atom. The van der Waals surface area contributed by atoms with Gasteiger partial charge in [0, 0.05) is 12.5 Å². The van der Waals surface area contributed by atoms with Crippen LogP contribution in [0.5, 0.6) is 0 Å². The second-order valence-electron chi connectivity index (χ2n) is 2.60. The number of aromatic nitrogens is 1. The molecule has 0 aromatic carbocycles. The van der Waals surface area contributed by atoms with Gasteiger partial charge in [0.25, 0.3) is 0 Å². The average molecular weight is 219 g/mol. The fourth-order valence-electron chi connectivity index (χ4n) is 0.726. The van der Waals surface area contributed by atoms with Gasteiger partial charge in [-0.15, -0.1) is 11.3 Å². The molecule has 1 rings (SSSR count). The molecule has 0 radical (unpaired) electrons. The summed E-state index contributed by atoms with van der Waals surface area (Å²) in [6.07, 6.45) is 2.55. The second-order valence-corrected chi connectivity index (χ2v) is 5.86. The van der Waals surface area contributed by atoms with E-state index in [9.17, 15) is 8.42 Å². The molecule has 0 aliphatic rings. The van der Waals surface area contributed by atoms with Gasteiger partial charge >= 0.3 is 0 Å². The first-order valence-corrected chi connectivity index (χ1v) is 6.23. The summed E-state index contributed by atoms with van der Waals surface area (Å²) in [5.74, 6) is -0.178. The Morgan fingerprint density at radius 2 is 2.38 bits per heavy atom. The van der Waals surface area contributed by atoms with E-state index >= 15 is 0 Å².